The number of rotatable bonds is 16. The molecule has 0 aromatic heterocycles. The maximum Gasteiger partial charge on any atom is 0.338 e. The molecule has 14 heteroatoms. The van der Waals surface area contributed by atoms with Crippen molar-refractivity contribution in [3.8, 4) is 34.5 Å². The van der Waals surface area contributed by atoms with Crippen LogP contribution in [0.15, 0.2) is 24.3 Å². The molecule has 0 amide bonds. The molecule has 2 aromatic carbocycles. The van der Waals surface area contributed by atoms with Gasteiger partial charge in [0.15, 0.2) is 23.0 Å². The summed E-state index contributed by atoms with van der Waals surface area (Å²) in [4.78, 5) is 25.2. The fourth-order valence-corrected chi connectivity index (χ4v) is 4.97. The lowest BCUT2D eigenvalue weighted by Crippen LogP contribution is -2.40. The number of esters is 2. The summed E-state index contributed by atoms with van der Waals surface area (Å²) in [6.07, 6.45) is 4.52. The monoisotopic (exact) mass is 676 g/mol. The van der Waals surface area contributed by atoms with E-state index in [9.17, 15) is 9.59 Å². The van der Waals surface area contributed by atoms with Gasteiger partial charge in [-0.3, -0.25) is 5.43 Å². The van der Waals surface area contributed by atoms with E-state index in [1.54, 1.807) is 24.3 Å². The van der Waals surface area contributed by atoms with E-state index in [0.717, 1.165) is 45.3 Å². The molecule has 1 saturated heterocycles. The number of carbonyl (C=O) groups excluding carboxylic acids is 2. The molecule has 1 fully saturated rings. The van der Waals surface area contributed by atoms with Crippen LogP contribution in [-0.4, -0.2) is 92.5 Å². The van der Waals surface area contributed by atoms with Crippen LogP contribution in [0.4, 0.5) is 0 Å². The lowest BCUT2D eigenvalue weighted by atomic mass is 9.98. The van der Waals surface area contributed by atoms with Gasteiger partial charge in [0.05, 0.1) is 67.0 Å². The minimum atomic E-state index is -0.450. The molecule has 0 aliphatic carbocycles. The van der Waals surface area contributed by atoms with Crippen LogP contribution in [0.5, 0.6) is 34.5 Å². The molecule has 1 aliphatic heterocycles. The van der Waals surface area contributed by atoms with Crippen molar-refractivity contribution < 1.29 is 47.5 Å². The van der Waals surface area contributed by atoms with E-state index >= 15 is 0 Å². The van der Waals surface area contributed by atoms with Crippen LogP contribution in [0.1, 0.15) is 52.8 Å². The van der Waals surface area contributed by atoms with Crippen LogP contribution in [-0.2, 0) is 9.47 Å². The van der Waals surface area contributed by atoms with Crippen molar-refractivity contribution in [3.05, 3.63) is 35.4 Å². The molecule has 1 unspecified atom stereocenters. The first-order valence-corrected chi connectivity index (χ1v) is 14.3. The predicted molar refractivity (Wildman–Crippen MR) is 173 cm³/mol. The minimum Gasteiger partial charge on any atom is -0.493 e. The number of carbonyl (C=O) groups is 2. The largest absolute Gasteiger partial charge is 0.493 e. The van der Waals surface area contributed by atoms with Crippen molar-refractivity contribution >= 4 is 36.8 Å². The molecule has 1 atom stereocenters. The summed E-state index contributed by atoms with van der Waals surface area (Å²) in [5, 5.41) is 2.18. The first kappa shape index (κ1) is 39.7. The molecular formula is C31H46Cl2N2O10. The van der Waals surface area contributed by atoms with Gasteiger partial charge in [0.25, 0.3) is 0 Å². The Kier molecular flexibility index (Phi) is 18.2. The second kappa shape index (κ2) is 20.7. The van der Waals surface area contributed by atoms with Crippen molar-refractivity contribution in [2.45, 2.75) is 32.1 Å². The normalized spacial score (nSPS) is 14.5. The van der Waals surface area contributed by atoms with E-state index in [4.69, 9.17) is 37.9 Å². The zero-order valence-corrected chi connectivity index (χ0v) is 28.4. The number of halogens is 2. The molecule has 0 spiro atoms. The Morgan fingerprint density at radius 1 is 0.711 bits per heavy atom. The molecule has 1 N–H and O–H groups in total. The first-order chi connectivity index (χ1) is 20.9. The summed E-state index contributed by atoms with van der Waals surface area (Å²) >= 11 is 0. The Balaban J connectivity index is 0.00000506. The van der Waals surface area contributed by atoms with Crippen LogP contribution >= 0.6 is 24.8 Å². The summed E-state index contributed by atoms with van der Waals surface area (Å²) in [5.74, 6) is 2.03. The lowest BCUT2D eigenvalue weighted by molar-refractivity contribution is 0.0470. The second-order valence-corrected chi connectivity index (χ2v) is 9.95. The highest BCUT2D eigenvalue weighted by Gasteiger charge is 2.20. The van der Waals surface area contributed by atoms with Crippen molar-refractivity contribution in [1.82, 2.24) is 10.4 Å². The zero-order valence-electron chi connectivity index (χ0n) is 26.8. The topological polar surface area (TPSA) is 123 Å². The smallest absolute Gasteiger partial charge is 0.338 e. The maximum absolute atomic E-state index is 12.6. The quantitative estimate of drug-likeness (QED) is 0.190. The standard InChI is InChI=1S/C31H44N2O10.2ClH/c1-36-24-16-22(17-25(37-2)28(24)40-5)30(34)42-14-8-11-21-10-7-12-33(32-20-21)13-9-15-43-31(35)23-18-26(38-3)29(41-6)27(19-23)39-4;;/h16-19,21,32H,7-15,20H2,1-6H3;2*1H. The highest BCUT2D eigenvalue weighted by atomic mass is 35.5. The zero-order chi connectivity index (χ0) is 31.2. The Bertz CT molecular complexity index is 1080. The van der Waals surface area contributed by atoms with Gasteiger partial charge < -0.3 is 37.9 Å². The van der Waals surface area contributed by atoms with Gasteiger partial charge >= 0.3 is 11.9 Å². The second-order valence-electron chi connectivity index (χ2n) is 9.95. The van der Waals surface area contributed by atoms with E-state index < -0.39 is 11.9 Å². The number of benzene rings is 2. The molecule has 1 heterocycles. The minimum absolute atomic E-state index is 0. The fourth-order valence-electron chi connectivity index (χ4n) is 4.97. The molecular weight excluding hydrogens is 631 g/mol. The van der Waals surface area contributed by atoms with Gasteiger partial charge in [-0.05, 0) is 62.3 Å². The van der Waals surface area contributed by atoms with Gasteiger partial charge in [0.1, 0.15) is 0 Å². The Labute approximate surface area is 277 Å². The van der Waals surface area contributed by atoms with E-state index in [2.05, 4.69) is 10.4 Å². The maximum atomic E-state index is 12.6. The van der Waals surface area contributed by atoms with Gasteiger partial charge in [-0.15, -0.1) is 24.8 Å². The van der Waals surface area contributed by atoms with Gasteiger partial charge in [-0.2, -0.15) is 0 Å². The molecule has 3 rings (SSSR count). The van der Waals surface area contributed by atoms with Crippen LogP contribution in [0.25, 0.3) is 0 Å². The highest BCUT2D eigenvalue weighted by molar-refractivity contribution is 5.91. The van der Waals surface area contributed by atoms with Crippen molar-refractivity contribution in [2.24, 2.45) is 5.92 Å². The average Bonchev–Trinajstić information content (AvgIpc) is 3.28. The number of nitrogens with zero attached hydrogens (tertiary/aromatic N) is 1. The molecule has 254 valence electrons. The summed E-state index contributed by atoms with van der Waals surface area (Å²) < 4.78 is 42.9. The number of hydrogen-bond acceptors (Lipinski definition) is 12. The molecule has 45 heavy (non-hydrogen) atoms. The Morgan fingerprint density at radius 3 is 1.58 bits per heavy atom. The van der Waals surface area contributed by atoms with E-state index in [1.807, 2.05) is 0 Å². The average molecular weight is 678 g/mol. The summed E-state index contributed by atoms with van der Waals surface area (Å²) in [6.45, 7) is 3.11. The van der Waals surface area contributed by atoms with E-state index in [0.29, 0.717) is 64.6 Å². The van der Waals surface area contributed by atoms with Gasteiger partial charge in [-0.25, -0.2) is 14.6 Å². The third kappa shape index (κ3) is 11.2. The van der Waals surface area contributed by atoms with Crippen LogP contribution in [0.2, 0.25) is 0 Å². The third-order valence-electron chi connectivity index (χ3n) is 7.24. The van der Waals surface area contributed by atoms with Crippen LogP contribution in [0, 0.1) is 5.92 Å². The molecule has 0 radical (unpaired) electrons. The molecule has 12 nitrogen and oxygen atoms in total. The summed E-state index contributed by atoms with van der Waals surface area (Å²) in [7, 11) is 9.03. The highest BCUT2D eigenvalue weighted by Crippen LogP contribution is 2.39. The predicted octanol–water partition coefficient (Wildman–Crippen LogP) is 4.98. The first-order valence-electron chi connectivity index (χ1n) is 14.3. The molecule has 1 aliphatic rings. The van der Waals surface area contributed by atoms with Gasteiger partial charge in [0, 0.05) is 19.6 Å². The van der Waals surface area contributed by atoms with Gasteiger partial charge in [0.2, 0.25) is 11.5 Å². The number of ether oxygens (including phenoxy) is 8. The third-order valence-corrected chi connectivity index (χ3v) is 7.24. The number of hydrogen-bond donors (Lipinski definition) is 1. The lowest BCUT2D eigenvalue weighted by Gasteiger charge is -2.21. The van der Waals surface area contributed by atoms with Crippen molar-refractivity contribution in [2.75, 3.05) is 75.5 Å². The Hall–Kier alpha value is -3.32. The molecule has 0 bridgehead atoms. The number of hydrazine groups is 1. The number of methoxy groups -OCH3 is 6. The van der Waals surface area contributed by atoms with Gasteiger partial charge in [-0.1, -0.05) is 0 Å². The molecule has 2 aromatic rings. The number of nitrogens with one attached hydrogen (secondary N) is 1. The van der Waals surface area contributed by atoms with Crippen LogP contribution in [0.3, 0.4) is 0 Å². The van der Waals surface area contributed by atoms with E-state index in [1.165, 1.54) is 42.7 Å². The summed E-state index contributed by atoms with van der Waals surface area (Å²) in [5.41, 5.74) is 4.18. The van der Waals surface area contributed by atoms with E-state index in [-0.39, 0.29) is 31.4 Å². The van der Waals surface area contributed by atoms with Crippen molar-refractivity contribution in [3.63, 3.8) is 0 Å². The van der Waals surface area contributed by atoms with Crippen LogP contribution < -0.4 is 33.8 Å². The fraction of sp³-hybridized carbons (Fsp3) is 0.548. The Morgan fingerprint density at radius 2 is 1.16 bits per heavy atom. The van der Waals surface area contributed by atoms with Crippen molar-refractivity contribution in [1.29, 1.82) is 0 Å². The summed E-state index contributed by atoms with van der Waals surface area (Å²) in [6, 6.07) is 6.33. The molecule has 0 saturated carbocycles. The SMILES string of the molecule is COc1cc(C(=O)OCCCC2CCCN(CCCOC(=O)c3cc(OC)c(OC)c(OC)c3)NC2)cc(OC)c1OC.Cl.Cl.